The molecule has 19 heavy (non-hydrogen) atoms. The summed E-state index contributed by atoms with van der Waals surface area (Å²) in [5.74, 6) is -0.742. The number of anilines is 1. The van der Waals surface area contributed by atoms with Gasteiger partial charge in [-0.15, -0.1) is 0 Å². The highest BCUT2D eigenvalue weighted by Crippen LogP contribution is 2.22. The van der Waals surface area contributed by atoms with Gasteiger partial charge in [0.05, 0.1) is 24.0 Å². The third-order valence-corrected chi connectivity index (χ3v) is 2.69. The Morgan fingerprint density at radius 2 is 2.11 bits per heavy atom. The first-order valence-electron chi connectivity index (χ1n) is 5.34. The average molecular weight is 280 g/mol. The Bertz CT molecular complexity index is 607. The molecule has 2 rings (SSSR count). The molecule has 0 radical (unpaired) electrons. The fraction of sp³-hybridized carbons (Fsp3) is 0.0769. The fourth-order valence-electron chi connectivity index (χ4n) is 1.47. The first-order valence-corrected chi connectivity index (χ1v) is 5.72. The van der Waals surface area contributed by atoms with Crippen LogP contribution in [-0.4, -0.2) is 19.0 Å². The standard InChI is InChI=1S/C13H10ClNO4/c1-18-13(17)9-5-4-8(7-10(9)14)15-12(16)11-3-2-6-19-11/h2-7H,1H3,(H,15,16). The summed E-state index contributed by atoms with van der Waals surface area (Å²) in [4.78, 5) is 23.1. The number of carbonyl (C=O) groups excluding carboxylic acids is 2. The van der Waals surface area contributed by atoms with Crippen LogP contribution in [0.25, 0.3) is 0 Å². The van der Waals surface area contributed by atoms with Crippen LogP contribution in [0, 0.1) is 0 Å². The van der Waals surface area contributed by atoms with E-state index >= 15 is 0 Å². The van der Waals surface area contributed by atoms with Gasteiger partial charge in [-0.1, -0.05) is 11.6 Å². The molecule has 0 aliphatic carbocycles. The summed E-state index contributed by atoms with van der Waals surface area (Å²) in [7, 11) is 1.27. The van der Waals surface area contributed by atoms with Gasteiger partial charge >= 0.3 is 5.97 Å². The van der Waals surface area contributed by atoms with E-state index in [2.05, 4.69) is 10.1 Å². The number of halogens is 1. The van der Waals surface area contributed by atoms with Gasteiger partial charge < -0.3 is 14.5 Å². The van der Waals surface area contributed by atoms with Crippen LogP contribution in [0.2, 0.25) is 5.02 Å². The van der Waals surface area contributed by atoms with Crippen LogP contribution in [0.3, 0.4) is 0 Å². The summed E-state index contributed by atoms with van der Waals surface area (Å²) in [6.45, 7) is 0. The van der Waals surface area contributed by atoms with Gasteiger partial charge in [0.15, 0.2) is 5.76 Å². The van der Waals surface area contributed by atoms with Crippen molar-refractivity contribution in [1.29, 1.82) is 0 Å². The number of ether oxygens (including phenoxy) is 1. The molecule has 0 fully saturated rings. The molecular weight excluding hydrogens is 270 g/mol. The Hall–Kier alpha value is -2.27. The number of hydrogen-bond acceptors (Lipinski definition) is 4. The molecule has 5 nitrogen and oxygen atoms in total. The van der Waals surface area contributed by atoms with Gasteiger partial charge in [0.25, 0.3) is 5.91 Å². The maximum absolute atomic E-state index is 11.7. The topological polar surface area (TPSA) is 68.5 Å². The summed E-state index contributed by atoms with van der Waals surface area (Å²) >= 11 is 5.94. The van der Waals surface area contributed by atoms with E-state index in [1.807, 2.05) is 0 Å². The summed E-state index contributed by atoms with van der Waals surface area (Å²) in [6.07, 6.45) is 1.41. The summed E-state index contributed by atoms with van der Waals surface area (Å²) in [5.41, 5.74) is 0.694. The molecule has 0 saturated heterocycles. The summed E-state index contributed by atoms with van der Waals surface area (Å²) < 4.78 is 9.53. The van der Waals surface area contributed by atoms with E-state index in [0.717, 1.165) is 0 Å². The van der Waals surface area contributed by atoms with Crippen LogP contribution in [0.1, 0.15) is 20.9 Å². The molecule has 0 spiro atoms. The molecule has 6 heteroatoms. The third kappa shape index (κ3) is 2.95. The van der Waals surface area contributed by atoms with Crippen molar-refractivity contribution in [3.63, 3.8) is 0 Å². The van der Waals surface area contributed by atoms with Gasteiger partial charge in [-0.25, -0.2) is 4.79 Å². The van der Waals surface area contributed by atoms with Crippen LogP contribution in [-0.2, 0) is 4.74 Å². The molecule has 1 N–H and O–H groups in total. The SMILES string of the molecule is COC(=O)c1ccc(NC(=O)c2ccco2)cc1Cl. The molecule has 0 saturated carbocycles. The zero-order valence-electron chi connectivity index (χ0n) is 9.98. The van der Waals surface area contributed by atoms with Crippen LogP contribution in [0.4, 0.5) is 5.69 Å². The number of nitrogens with one attached hydrogen (secondary N) is 1. The smallest absolute Gasteiger partial charge is 0.339 e. The Balaban J connectivity index is 2.17. The number of amides is 1. The maximum Gasteiger partial charge on any atom is 0.339 e. The first-order chi connectivity index (χ1) is 9.11. The number of methoxy groups -OCH3 is 1. The van der Waals surface area contributed by atoms with Crippen molar-refractivity contribution in [2.75, 3.05) is 12.4 Å². The number of rotatable bonds is 3. The van der Waals surface area contributed by atoms with Crippen molar-refractivity contribution >= 4 is 29.2 Å². The van der Waals surface area contributed by atoms with Gasteiger partial charge in [0, 0.05) is 5.69 Å². The minimum atomic E-state index is -0.533. The predicted octanol–water partition coefficient (Wildman–Crippen LogP) is 2.97. The molecular formula is C13H10ClNO4. The fourth-order valence-corrected chi connectivity index (χ4v) is 1.73. The summed E-state index contributed by atoms with van der Waals surface area (Å²) in [5, 5.41) is 2.80. The van der Waals surface area contributed by atoms with E-state index in [4.69, 9.17) is 16.0 Å². The summed E-state index contributed by atoms with van der Waals surface area (Å²) in [6, 6.07) is 7.65. The molecule has 1 amide bonds. The minimum Gasteiger partial charge on any atom is -0.465 e. The second-order valence-electron chi connectivity index (χ2n) is 3.62. The molecule has 98 valence electrons. The van der Waals surface area contributed by atoms with Crippen molar-refractivity contribution < 1.29 is 18.7 Å². The van der Waals surface area contributed by atoms with Crippen LogP contribution in [0.15, 0.2) is 41.0 Å². The van der Waals surface area contributed by atoms with Gasteiger partial charge in [0.1, 0.15) is 0 Å². The number of benzene rings is 1. The second-order valence-corrected chi connectivity index (χ2v) is 4.02. The van der Waals surface area contributed by atoms with Crippen molar-refractivity contribution in [2.45, 2.75) is 0 Å². The maximum atomic E-state index is 11.7. The van der Waals surface area contributed by atoms with Crippen LogP contribution in [0.5, 0.6) is 0 Å². The van der Waals surface area contributed by atoms with Crippen molar-refractivity contribution in [2.24, 2.45) is 0 Å². The van der Waals surface area contributed by atoms with Gasteiger partial charge in [-0.3, -0.25) is 4.79 Å². The lowest BCUT2D eigenvalue weighted by molar-refractivity contribution is 0.0601. The van der Waals surface area contributed by atoms with Gasteiger partial charge in [-0.05, 0) is 30.3 Å². The monoisotopic (exact) mass is 279 g/mol. The van der Waals surface area contributed by atoms with Crippen LogP contribution >= 0.6 is 11.6 Å². The average Bonchev–Trinajstić information content (AvgIpc) is 2.92. The number of furan rings is 1. The lowest BCUT2D eigenvalue weighted by Gasteiger charge is -2.06. The Morgan fingerprint density at radius 1 is 1.32 bits per heavy atom. The molecule has 2 aromatic rings. The van der Waals surface area contributed by atoms with E-state index in [-0.39, 0.29) is 16.3 Å². The Labute approximate surface area is 114 Å². The van der Waals surface area contributed by atoms with E-state index in [0.29, 0.717) is 5.69 Å². The third-order valence-electron chi connectivity index (χ3n) is 2.38. The molecule has 1 aromatic carbocycles. The van der Waals surface area contributed by atoms with E-state index in [1.165, 1.54) is 25.5 Å². The molecule has 0 unspecified atom stereocenters. The van der Waals surface area contributed by atoms with Crippen molar-refractivity contribution in [3.05, 3.63) is 52.9 Å². The lowest BCUT2D eigenvalue weighted by Crippen LogP contribution is -2.11. The van der Waals surface area contributed by atoms with Crippen molar-refractivity contribution in [3.8, 4) is 0 Å². The van der Waals surface area contributed by atoms with E-state index in [1.54, 1.807) is 18.2 Å². The largest absolute Gasteiger partial charge is 0.465 e. The highest BCUT2D eigenvalue weighted by molar-refractivity contribution is 6.34. The number of hydrogen-bond donors (Lipinski definition) is 1. The lowest BCUT2D eigenvalue weighted by atomic mass is 10.2. The normalized spacial score (nSPS) is 10.0. The Kier molecular flexibility index (Phi) is 3.87. The van der Waals surface area contributed by atoms with Gasteiger partial charge in [-0.2, -0.15) is 0 Å². The van der Waals surface area contributed by atoms with E-state index < -0.39 is 11.9 Å². The number of esters is 1. The predicted molar refractivity (Wildman–Crippen MR) is 69.5 cm³/mol. The van der Waals surface area contributed by atoms with E-state index in [9.17, 15) is 9.59 Å². The number of carbonyl (C=O) groups is 2. The molecule has 0 atom stereocenters. The zero-order valence-corrected chi connectivity index (χ0v) is 10.7. The Morgan fingerprint density at radius 3 is 2.68 bits per heavy atom. The molecule has 0 bridgehead atoms. The highest BCUT2D eigenvalue weighted by atomic mass is 35.5. The minimum absolute atomic E-state index is 0.188. The molecule has 1 heterocycles. The van der Waals surface area contributed by atoms with Crippen molar-refractivity contribution in [1.82, 2.24) is 0 Å². The second kappa shape index (κ2) is 5.58. The highest BCUT2D eigenvalue weighted by Gasteiger charge is 2.13. The first kappa shape index (κ1) is 13.2. The zero-order chi connectivity index (χ0) is 13.8. The molecule has 0 aliphatic rings. The van der Waals surface area contributed by atoms with Gasteiger partial charge in [0.2, 0.25) is 0 Å². The van der Waals surface area contributed by atoms with Crippen LogP contribution < -0.4 is 5.32 Å². The quantitative estimate of drug-likeness (QED) is 0.877. The molecule has 1 aromatic heterocycles. The molecule has 0 aliphatic heterocycles.